The molecule has 2 aliphatic heterocycles. The second-order valence-corrected chi connectivity index (χ2v) is 7.04. The molecule has 1 aromatic carbocycles. The monoisotopic (exact) mass is 300 g/mol. The van der Waals surface area contributed by atoms with Gasteiger partial charge < -0.3 is 10.1 Å². The van der Waals surface area contributed by atoms with Crippen molar-refractivity contribution in [2.45, 2.75) is 44.2 Å². The molecule has 0 bridgehead atoms. The van der Waals surface area contributed by atoms with Gasteiger partial charge in [0.15, 0.2) is 5.72 Å². The first-order valence-electron chi connectivity index (χ1n) is 8.57. The van der Waals surface area contributed by atoms with E-state index < -0.39 is 5.72 Å². The number of nitrogens with one attached hydrogen (secondary N) is 1. The first-order valence-corrected chi connectivity index (χ1v) is 8.57. The van der Waals surface area contributed by atoms with E-state index in [4.69, 9.17) is 4.74 Å². The summed E-state index contributed by atoms with van der Waals surface area (Å²) < 4.78 is 6.25. The van der Waals surface area contributed by atoms with Crippen molar-refractivity contribution < 1.29 is 9.53 Å². The summed E-state index contributed by atoms with van der Waals surface area (Å²) in [5.74, 6) is 1.57. The molecular weight excluding hydrogens is 276 g/mol. The molecule has 1 spiro atoms. The van der Waals surface area contributed by atoms with Crippen molar-refractivity contribution >= 4 is 5.91 Å². The average molecular weight is 300 g/mol. The molecule has 1 saturated heterocycles. The fraction of sp³-hybridized carbons (Fsp3) is 0.611. The van der Waals surface area contributed by atoms with Gasteiger partial charge in [-0.2, -0.15) is 0 Å². The quantitative estimate of drug-likeness (QED) is 0.913. The van der Waals surface area contributed by atoms with Crippen molar-refractivity contribution in [3.8, 4) is 5.75 Å². The largest absolute Gasteiger partial charge is 0.466 e. The minimum atomic E-state index is -0.526. The van der Waals surface area contributed by atoms with Crippen LogP contribution in [0.25, 0.3) is 0 Å². The number of carbonyl (C=O) groups excluding carboxylic acids is 1. The third kappa shape index (κ3) is 2.60. The van der Waals surface area contributed by atoms with Crippen molar-refractivity contribution in [1.82, 2.24) is 10.2 Å². The molecule has 4 heteroatoms. The minimum Gasteiger partial charge on any atom is -0.466 e. The van der Waals surface area contributed by atoms with Crippen molar-refractivity contribution in [2.24, 2.45) is 5.92 Å². The van der Waals surface area contributed by atoms with E-state index in [0.29, 0.717) is 5.56 Å². The molecule has 4 rings (SSSR count). The molecule has 1 amide bonds. The molecule has 0 aromatic heterocycles. The van der Waals surface area contributed by atoms with Crippen LogP contribution in [0, 0.1) is 5.92 Å². The lowest BCUT2D eigenvalue weighted by atomic mass is 9.96. The van der Waals surface area contributed by atoms with Crippen molar-refractivity contribution in [2.75, 3.05) is 19.6 Å². The van der Waals surface area contributed by atoms with Crippen LogP contribution in [-0.4, -0.2) is 36.2 Å². The highest BCUT2D eigenvalue weighted by Crippen LogP contribution is 2.34. The van der Waals surface area contributed by atoms with Gasteiger partial charge in [0.1, 0.15) is 5.75 Å². The van der Waals surface area contributed by atoms with Crippen LogP contribution in [0.15, 0.2) is 24.3 Å². The summed E-state index contributed by atoms with van der Waals surface area (Å²) in [7, 11) is 0. The molecule has 4 nitrogen and oxygen atoms in total. The second-order valence-electron chi connectivity index (χ2n) is 7.04. The number of hydrogen-bond donors (Lipinski definition) is 1. The Morgan fingerprint density at radius 2 is 2.05 bits per heavy atom. The number of likely N-dealkylation sites (tertiary alicyclic amines) is 1. The zero-order valence-electron chi connectivity index (χ0n) is 13.0. The van der Waals surface area contributed by atoms with E-state index in [-0.39, 0.29) is 5.91 Å². The molecule has 2 heterocycles. The number of hydrogen-bond acceptors (Lipinski definition) is 3. The summed E-state index contributed by atoms with van der Waals surface area (Å²) >= 11 is 0. The Morgan fingerprint density at radius 1 is 1.23 bits per heavy atom. The maximum Gasteiger partial charge on any atom is 0.258 e. The number of amides is 1. The first-order chi connectivity index (χ1) is 10.7. The van der Waals surface area contributed by atoms with Crippen molar-refractivity contribution in [3.63, 3.8) is 0 Å². The fourth-order valence-electron chi connectivity index (χ4n) is 4.26. The molecule has 1 aromatic rings. The normalized spacial score (nSPS) is 29.2. The van der Waals surface area contributed by atoms with E-state index in [9.17, 15) is 4.79 Å². The molecule has 0 radical (unpaired) electrons. The maximum absolute atomic E-state index is 12.4. The number of rotatable bonds is 2. The summed E-state index contributed by atoms with van der Waals surface area (Å²) in [6, 6.07) is 7.56. The lowest BCUT2D eigenvalue weighted by Gasteiger charge is -2.45. The van der Waals surface area contributed by atoms with Gasteiger partial charge in [-0.3, -0.25) is 9.69 Å². The van der Waals surface area contributed by atoms with E-state index >= 15 is 0 Å². The molecule has 118 valence electrons. The van der Waals surface area contributed by atoms with Crippen LogP contribution in [0.4, 0.5) is 0 Å². The Morgan fingerprint density at radius 3 is 2.91 bits per heavy atom. The van der Waals surface area contributed by atoms with Gasteiger partial charge in [0.2, 0.25) is 0 Å². The van der Waals surface area contributed by atoms with Crippen LogP contribution in [0.2, 0.25) is 0 Å². The topological polar surface area (TPSA) is 41.6 Å². The average Bonchev–Trinajstić information content (AvgIpc) is 3.00. The number of nitrogens with zero attached hydrogens (tertiary/aromatic N) is 1. The van der Waals surface area contributed by atoms with Crippen LogP contribution in [0.1, 0.15) is 48.9 Å². The summed E-state index contributed by atoms with van der Waals surface area (Å²) in [4.78, 5) is 14.9. The maximum atomic E-state index is 12.4. The highest BCUT2D eigenvalue weighted by molar-refractivity contribution is 5.98. The van der Waals surface area contributed by atoms with E-state index in [1.54, 1.807) is 0 Å². The van der Waals surface area contributed by atoms with Crippen LogP contribution in [-0.2, 0) is 0 Å². The number of ether oxygens (including phenoxy) is 1. The van der Waals surface area contributed by atoms with E-state index in [2.05, 4.69) is 10.2 Å². The van der Waals surface area contributed by atoms with Crippen LogP contribution in [0.5, 0.6) is 5.75 Å². The minimum absolute atomic E-state index is 0.00423. The Bertz CT molecular complexity index is 568. The summed E-state index contributed by atoms with van der Waals surface area (Å²) in [6.45, 7) is 3.09. The van der Waals surface area contributed by atoms with Gasteiger partial charge in [-0.1, -0.05) is 25.0 Å². The lowest BCUT2D eigenvalue weighted by molar-refractivity contribution is -0.0403. The number of piperidine rings is 1. The van der Waals surface area contributed by atoms with Gasteiger partial charge >= 0.3 is 0 Å². The van der Waals surface area contributed by atoms with E-state index in [1.807, 2.05) is 24.3 Å². The lowest BCUT2D eigenvalue weighted by Crippen LogP contribution is -2.64. The number of fused-ring (bicyclic) bond motifs is 1. The van der Waals surface area contributed by atoms with Gasteiger partial charge in [-0.05, 0) is 43.9 Å². The van der Waals surface area contributed by atoms with Crippen LogP contribution >= 0.6 is 0 Å². The third-order valence-electron chi connectivity index (χ3n) is 5.30. The highest BCUT2D eigenvalue weighted by atomic mass is 16.5. The molecule has 1 atom stereocenters. The zero-order valence-corrected chi connectivity index (χ0v) is 13.0. The smallest absolute Gasteiger partial charge is 0.258 e. The van der Waals surface area contributed by atoms with Gasteiger partial charge in [-0.25, -0.2) is 0 Å². The van der Waals surface area contributed by atoms with Gasteiger partial charge in [-0.15, -0.1) is 0 Å². The predicted octanol–water partition coefficient (Wildman–Crippen LogP) is 2.79. The Labute approximate surface area is 131 Å². The Kier molecular flexibility index (Phi) is 3.57. The van der Waals surface area contributed by atoms with Gasteiger partial charge in [0.25, 0.3) is 5.91 Å². The summed E-state index contributed by atoms with van der Waals surface area (Å²) in [5, 5.41) is 3.14. The third-order valence-corrected chi connectivity index (χ3v) is 5.30. The summed E-state index contributed by atoms with van der Waals surface area (Å²) in [6.07, 6.45) is 7.46. The number of carbonyl (C=O) groups is 1. The van der Waals surface area contributed by atoms with Crippen LogP contribution in [0.3, 0.4) is 0 Å². The predicted molar refractivity (Wildman–Crippen MR) is 84.9 cm³/mol. The van der Waals surface area contributed by atoms with Crippen molar-refractivity contribution in [1.29, 1.82) is 0 Å². The first kappa shape index (κ1) is 14.1. The highest BCUT2D eigenvalue weighted by Gasteiger charge is 2.43. The molecule has 1 unspecified atom stereocenters. The standard InChI is InChI=1S/C18H24N2O2/c21-17-15-8-3-4-9-16(15)22-18(19-17)10-5-11-20(13-18)12-14-6-1-2-7-14/h3-4,8-9,14H,1-2,5-7,10-13H2,(H,19,21). The van der Waals surface area contributed by atoms with E-state index in [0.717, 1.165) is 44.1 Å². The Hall–Kier alpha value is -1.55. The molecule has 22 heavy (non-hydrogen) atoms. The number of benzene rings is 1. The molecule has 1 saturated carbocycles. The summed E-state index contributed by atoms with van der Waals surface area (Å²) in [5.41, 5.74) is 0.128. The SMILES string of the molecule is O=C1NC2(CCCN(CC3CCCC3)C2)Oc2ccccc21. The molecular formula is C18H24N2O2. The molecule has 1 N–H and O–H groups in total. The molecule has 2 fully saturated rings. The van der Waals surface area contributed by atoms with Crippen molar-refractivity contribution in [3.05, 3.63) is 29.8 Å². The van der Waals surface area contributed by atoms with Gasteiger partial charge in [0.05, 0.1) is 12.1 Å². The van der Waals surface area contributed by atoms with E-state index in [1.165, 1.54) is 25.7 Å². The fourth-order valence-corrected chi connectivity index (χ4v) is 4.26. The second kappa shape index (κ2) is 5.58. The molecule has 1 aliphatic carbocycles. The van der Waals surface area contributed by atoms with Gasteiger partial charge in [0, 0.05) is 13.0 Å². The Balaban J connectivity index is 1.50. The zero-order chi connectivity index (χ0) is 15.0. The van der Waals surface area contributed by atoms with Crippen LogP contribution < -0.4 is 10.1 Å². The number of para-hydroxylation sites is 1. The molecule has 3 aliphatic rings.